The highest BCUT2D eigenvalue weighted by atomic mass is 16.5. The van der Waals surface area contributed by atoms with E-state index in [-0.39, 0.29) is 18.1 Å². The summed E-state index contributed by atoms with van der Waals surface area (Å²) in [5.41, 5.74) is 5.22. The van der Waals surface area contributed by atoms with Gasteiger partial charge in [-0.1, -0.05) is 0 Å². The average Bonchev–Trinajstić information content (AvgIpc) is 2.38. The van der Waals surface area contributed by atoms with Crippen LogP contribution < -0.4 is 11.1 Å². The molecule has 0 aliphatic carbocycles. The van der Waals surface area contributed by atoms with Gasteiger partial charge in [-0.3, -0.25) is 9.69 Å². The zero-order valence-corrected chi connectivity index (χ0v) is 11.4. The molecular formula is C12H25N3O3. The Labute approximate surface area is 109 Å². The summed E-state index contributed by atoms with van der Waals surface area (Å²) in [6.45, 7) is 9.13. The van der Waals surface area contributed by atoms with E-state index in [4.69, 9.17) is 15.2 Å². The first kappa shape index (κ1) is 15.4. The minimum absolute atomic E-state index is 0.0622. The predicted molar refractivity (Wildman–Crippen MR) is 69.4 cm³/mol. The lowest BCUT2D eigenvalue weighted by atomic mass is 10.0. The molecule has 1 aliphatic heterocycles. The topological polar surface area (TPSA) is 76.8 Å². The van der Waals surface area contributed by atoms with Gasteiger partial charge in [0.05, 0.1) is 19.8 Å². The summed E-state index contributed by atoms with van der Waals surface area (Å²) < 4.78 is 10.4. The Hall–Kier alpha value is -0.690. The number of carbonyl (C=O) groups excluding carboxylic acids is 1. The van der Waals surface area contributed by atoms with Crippen molar-refractivity contribution < 1.29 is 14.3 Å². The SMILES string of the molecule is CC(C)(CNC(=O)COCCN)N1CCOCC1. The molecule has 0 bridgehead atoms. The number of nitrogens with one attached hydrogen (secondary N) is 1. The number of hydrogen-bond acceptors (Lipinski definition) is 5. The third-order valence-corrected chi connectivity index (χ3v) is 3.08. The first-order valence-corrected chi connectivity index (χ1v) is 6.43. The molecule has 1 fully saturated rings. The predicted octanol–water partition coefficient (Wildman–Crippen LogP) is -0.811. The largest absolute Gasteiger partial charge is 0.379 e. The van der Waals surface area contributed by atoms with Crippen LogP contribution in [0.15, 0.2) is 0 Å². The Kier molecular flexibility index (Phi) is 6.56. The average molecular weight is 259 g/mol. The van der Waals surface area contributed by atoms with Crippen LogP contribution in [0.4, 0.5) is 0 Å². The number of morpholine rings is 1. The lowest BCUT2D eigenvalue weighted by Gasteiger charge is -2.40. The van der Waals surface area contributed by atoms with Crippen molar-refractivity contribution >= 4 is 5.91 Å². The zero-order valence-electron chi connectivity index (χ0n) is 11.4. The number of nitrogens with zero attached hydrogens (tertiary/aromatic N) is 1. The minimum Gasteiger partial charge on any atom is -0.379 e. The monoisotopic (exact) mass is 259 g/mol. The maximum atomic E-state index is 11.5. The highest BCUT2D eigenvalue weighted by molar-refractivity contribution is 5.77. The Balaban J connectivity index is 2.24. The molecule has 0 aromatic rings. The second-order valence-corrected chi connectivity index (χ2v) is 5.03. The molecule has 6 heteroatoms. The van der Waals surface area contributed by atoms with Crippen molar-refractivity contribution in [3.05, 3.63) is 0 Å². The van der Waals surface area contributed by atoms with Crippen LogP contribution in [0.1, 0.15) is 13.8 Å². The van der Waals surface area contributed by atoms with E-state index in [0.29, 0.717) is 19.7 Å². The molecule has 18 heavy (non-hydrogen) atoms. The van der Waals surface area contributed by atoms with Gasteiger partial charge >= 0.3 is 0 Å². The Bertz CT molecular complexity index is 253. The second-order valence-electron chi connectivity index (χ2n) is 5.03. The Morgan fingerprint density at radius 2 is 2.11 bits per heavy atom. The molecule has 0 spiro atoms. The van der Waals surface area contributed by atoms with Crippen LogP contribution in [0.5, 0.6) is 0 Å². The van der Waals surface area contributed by atoms with E-state index >= 15 is 0 Å². The van der Waals surface area contributed by atoms with Gasteiger partial charge in [-0.2, -0.15) is 0 Å². The quantitative estimate of drug-likeness (QED) is 0.585. The number of carbonyl (C=O) groups is 1. The number of hydrogen-bond donors (Lipinski definition) is 2. The van der Waals surface area contributed by atoms with Crippen molar-refractivity contribution in [3.8, 4) is 0 Å². The van der Waals surface area contributed by atoms with Crippen LogP contribution in [0, 0.1) is 0 Å². The third kappa shape index (κ3) is 5.30. The van der Waals surface area contributed by atoms with Crippen molar-refractivity contribution in [2.45, 2.75) is 19.4 Å². The molecule has 0 unspecified atom stereocenters. The van der Waals surface area contributed by atoms with Gasteiger partial charge in [0.15, 0.2) is 0 Å². The molecule has 1 aliphatic rings. The van der Waals surface area contributed by atoms with Crippen molar-refractivity contribution in [3.63, 3.8) is 0 Å². The van der Waals surface area contributed by atoms with E-state index in [2.05, 4.69) is 24.1 Å². The van der Waals surface area contributed by atoms with Crippen LogP contribution in [0.3, 0.4) is 0 Å². The van der Waals surface area contributed by atoms with E-state index in [1.807, 2.05) is 0 Å². The van der Waals surface area contributed by atoms with E-state index in [9.17, 15) is 4.79 Å². The van der Waals surface area contributed by atoms with Crippen LogP contribution >= 0.6 is 0 Å². The molecule has 106 valence electrons. The van der Waals surface area contributed by atoms with Crippen molar-refractivity contribution in [1.82, 2.24) is 10.2 Å². The van der Waals surface area contributed by atoms with Crippen LogP contribution in [0.25, 0.3) is 0 Å². The first-order chi connectivity index (χ1) is 8.56. The molecule has 1 amide bonds. The molecule has 1 saturated heterocycles. The molecular weight excluding hydrogens is 234 g/mol. The van der Waals surface area contributed by atoms with Crippen LogP contribution in [0.2, 0.25) is 0 Å². The maximum Gasteiger partial charge on any atom is 0.246 e. The molecule has 0 aromatic heterocycles. The number of rotatable bonds is 7. The summed E-state index contributed by atoms with van der Waals surface area (Å²) in [5, 5.41) is 2.89. The third-order valence-electron chi connectivity index (χ3n) is 3.08. The molecule has 6 nitrogen and oxygen atoms in total. The Morgan fingerprint density at radius 3 is 2.72 bits per heavy atom. The molecule has 3 N–H and O–H groups in total. The molecule has 1 rings (SSSR count). The summed E-state index contributed by atoms with van der Waals surface area (Å²) in [5.74, 6) is -0.0928. The second kappa shape index (κ2) is 7.68. The zero-order chi connectivity index (χ0) is 13.4. The fourth-order valence-corrected chi connectivity index (χ4v) is 1.89. The van der Waals surface area contributed by atoms with E-state index in [1.54, 1.807) is 0 Å². The highest BCUT2D eigenvalue weighted by Gasteiger charge is 2.28. The highest BCUT2D eigenvalue weighted by Crippen LogP contribution is 2.14. The van der Waals surface area contributed by atoms with Gasteiger partial charge in [-0.05, 0) is 13.8 Å². The number of ether oxygens (including phenoxy) is 2. The standard InChI is InChI=1S/C12H25N3O3/c1-12(2,15-4-7-17-8-5-15)10-14-11(16)9-18-6-3-13/h3-10,13H2,1-2H3,(H,14,16). The lowest BCUT2D eigenvalue weighted by Crippen LogP contribution is -2.55. The normalized spacial score (nSPS) is 17.7. The first-order valence-electron chi connectivity index (χ1n) is 6.43. The van der Waals surface area contributed by atoms with Crippen molar-refractivity contribution in [2.75, 3.05) is 52.6 Å². The summed E-state index contributed by atoms with van der Waals surface area (Å²) in [6.07, 6.45) is 0. The van der Waals surface area contributed by atoms with Gasteiger partial charge in [0, 0.05) is 31.7 Å². The van der Waals surface area contributed by atoms with Gasteiger partial charge in [-0.15, -0.1) is 0 Å². The molecule has 0 aromatic carbocycles. The van der Waals surface area contributed by atoms with Crippen LogP contribution in [-0.2, 0) is 14.3 Å². The van der Waals surface area contributed by atoms with Gasteiger partial charge < -0.3 is 20.5 Å². The van der Waals surface area contributed by atoms with Crippen molar-refractivity contribution in [2.24, 2.45) is 5.73 Å². The van der Waals surface area contributed by atoms with Gasteiger partial charge in [0.1, 0.15) is 6.61 Å². The number of nitrogens with two attached hydrogens (primary N) is 1. The smallest absolute Gasteiger partial charge is 0.246 e. The Morgan fingerprint density at radius 1 is 1.44 bits per heavy atom. The maximum absolute atomic E-state index is 11.5. The summed E-state index contributed by atoms with van der Waals surface area (Å²) in [4.78, 5) is 13.9. The fraction of sp³-hybridized carbons (Fsp3) is 0.917. The summed E-state index contributed by atoms with van der Waals surface area (Å²) >= 11 is 0. The van der Waals surface area contributed by atoms with Crippen molar-refractivity contribution in [1.29, 1.82) is 0 Å². The van der Waals surface area contributed by atoms with E-state index in [1.165, 1.54) is 0 Å². The molecule has 0 saturated carbocycles. The van der Waals surface area contributed by atoms with Gasteiger partial charge in [0.25, 0.3) is 0 Å². The number of amides is 1. The lowest BCUT2D eigenvalue weighted by molar-refractivity contribution is -0.126. The molecule has 0 radical (unpaired) electrons. The van der Waals surface area contributed by atoms with Gasteiger partial charge in [-0.25, -0.2) is 0 Å². The fourth-order valence-electron chi connectivity index (χ4n) is 1.89. The van der Waals surface area contributed by atoms with Crippen LogP contribution in [-0.4, -0.2) is 69.0 Å². The molecule has 1 heterocycles. The summed E-state index contributed by atoms with van der Waals surface area (Å²) in [6, 6.07) is 0. The van der Waals surface area contributed by atoms with E-state index in [0.717, 1.165) is 26.3 Å². The summed E-state index contributed by atoms with van der Waals surface area (Å²) in [7, 11) is 0. The van der Waals surface area contributed by atoms with Gasteiger partial charge in [0.2, 0.25) is 5.91 Å². The minimum atomic E-state index is -0.0928. The van der Waals surface area contributed by atoms with E-state index < -0.39 is 0 Å². The molecule has 0 atom stereocenters.